The predicted molar refractivity (Wildman–Crippen MR) is 74.7 cm³/mol. The first-order valence-electron chi connectivity index (χ1n) is 6.59. The van der Waals surface area contributed by atoms with Gasteiger partial charge in [-0.2, -0.15) is 0 Å². The molecule has 0 bridgehead atoms. The normalized spacial score (nSPS) is 14.3. The molecule has 2 rings (SSSR count). The molecule has 98 valence electrons. The van der Waals surface area contributed by atoms with Gasteiger partial charge in [0.25, 0.3) is 0 Å². The maximum absolute atomic E-state index is 11.7. The van der Waals surface area contributed by atoms with E-state index in [1.807, 2.05) is 18.2 Å². The first kappa shape index (κ1) is 13.7. The van der Waals surface area contributed by atoms with Gasteiger partial charge in [0.05, 0.1) is 0 Å². The Hall–Kier alpha value is -0.711. The number of hydrogen-bond donors (Lipinski definition) is 0. The van der Waals surface area contributed by atoms with Crippen molar-refractivity contribution in [3.63, 3.8) is 0 Å². The second-order valence-electron chi connectivity index (χ2n) is 5.06. The van der Waals surface area contributed by atoms with Gasteiger partial charge < -0.3 is 0 Å². The summed E-state index contributed by atoms with van der Waals surface area (Å²) in [6.45, 7) is 1.25. The number of rotatable bonds is 5. The van der Waals surface area contributed by atoms with Crippen LogP contribution < -0.4 is 9.47 Å². The number of benzene rings is 1. The molecule has 1 aliphatic heterocycles. The molecule has 4 heteroatoms. The summed E-state index contributed by atoms with van der Waals surface area (Å²) >= 11 is -1.09. The molecule has 0 unspecified atom stereocenters. The molecule has 0 radical (unpaired) electrons. The van der Waals surface area contributed by atoms with E-state index in [0.717, 1.165) is 18.8 Å². The third-order valence-corrected chi connectivity index (χ3v) is 7.49. The Morgan fingerprint density at radius 2 is 2.22 bits per heavy atom. The van der Waals surface area contributed by atoms with Crippen molar-refractivity contribution in [3.8, 4) is 11.5 Å². The molecule has 3 nitrogen and oxygen atoms in total. The number of fused-ring (bicyclic) bond motifs is 1. The summed E-state index contributed by atoms with van der Waals surface area (Å²) in [5.74, 6) is 1.63. The van der Waals surface area contributed by atoms with Gasteiger partial charge in [-0.25, -0.2) is 0 Å². The fourth-order valence-corrected chi connectivity index (χ4v) is 4.82. The van der Waals surface area contributed by atoms with Crippen molar-refractivity contribution < 1.29 is 14.3 Å². The fourth-order valence-electron chi connectivity index (χ4n) is 2.01. The van der Waals surface area contributed by atoms with E-state index in [1.54, 1.807) is 0 Å². The van der Waals surface area contributed by atoms with E-state index < -0.39 is 19.8 Å². The summed E-state index contributed by atoms with van der Waals surface area (Å²) in [7, 11) is 0. The van der Waals surface area contributed by atoms with Gasteiger partial charge in [0.15, 0.2) is 0 Å². The molecule has 0 aliphatic carbocycles. The number of ketones is 1. The van der Waals surface area contributed by atoms with Gasteiger partial charge in [-0.3, -0.25) is 0 Å². The minimum absolute atomic E-state index is 0.153. The number of ether oxygens (including phenoxy) is 2. The molecule has 0 fully saturated rings. The van der Waals surface area contributed by atoms with Crippen LogP contribution in [0.4, 0.5) is 0 Å². The van der Waals surface area contributed by atoms with Crippen LogP contribution >= 0.6 is 0 Å². The van der Waals surface area contributed by atoms with E-state index in [2.05, 4.69) is 9.88 Å². The average molecular weight is 355 g/mol. The van der Waals surface area contributed by atoms with Crippen molar-refractivity contribution in [2.45, 2.75) is 27.2 Å². The van der Waals surface area contributed by atoms with Crippen LogP contribution in [0.25, 0.3) is 0 Å². The Morgan fingerprint density at radius 3 is 3.00 bits per heavy atom. The second kappa shape index (κ2) is 6.45. The summed E-state index contributed by atoms with van der Waals surface area (Å²) in [6, 6.07) is 5.54. The Labute approximate surface area is 115 Å². The molecule has 1 aromatic carbocycles. The minimum atomic E-state index is -1.09. The molecular formula is C14H20O3Sn. The monoisotopic (exact) mass is 356 g/mol. The standard InChI is InChI=1S/C12H13O3.2CH3.Sn.H/c1-2-6-14-9-3-4-12-10(8-9)11(13)5-7-15-12;;;;/h3-4,8H,1-2,5-7H2;2*1H3;;. The van der Waals surface area contributed by atoms with Crippen molar-refractivity contribution in [1.82, 2.24) is 0 Å². The number of carbonyl (C=O) groups is 1. The summed E-state index contributed by atoms with van der Waals surface area (Å²) < 4.78 is 12.5. The third kappa shape index (κ3) is 3.64. The SMILES string of the molecule is [CH3][SnH]([CH3])[CH2]CCOc1ccc2c(c1)C(=O)CCO2. The molecule has 0 spiro atoms. The topological polar surface area (TPSA) is 35.5 Å². The molecule has 1 heterocycles. The Balaban J connectivity index is 1.94. The van der Waals surface area contributed by atoms with Crippen molar-refractivity contribution in [3.05, 3.63) is 23.8 Å². The molecule has 1 aromatic rings. The van der Waals surface area contributed by atoms with E-state index in [1.165, 1.54) is 4.44 Å². The van der Waals surface area contributed by atoms with E-state index >= 15 is 0 Å². The third-order valence-electron chi connectivity index (χ3n) is 3.03. The van der Waals surface area contributed by atoms with Crippen LogP contribution in [-0.2, 0) is 0 Å². The maximum atomic E-state index is 11.7. The molecule has 0 N–H and O–H groups in total. The van der Waals surface area contributed by atoms with Crippen molar-refractivity contribution in [2.75, 3.05) is 13.2 Å². The molecule has 1 aliphatic rings. The van der Waals surface area contributed by atoms with Gasteiger partial charge in [0.2, 0.25) is 0 Å². The molecule has 0 amide bonds. The van der Waals surface area contributed by atoms with Crippen LogP contribution in [0.3, 0.4) is 0 Å². The number of hydrogen-bond acceptors (Lipinski definition) is 3. The number of carbonyl (C=O) groups excluding carboxylic acids is 1. The first-order valence-corrected chi connectivity index (χ1v) is 15.5. The Bertz CT molecular complexity index is 429. The zero-order valence-electron chi connectivity index (χ0n) is 11.1. The van der Waals surface area contributed by atoms with Gasteiger partial charge >= 0.3 is 115 Å². The van der Waals surface area contributed by atoms with Gasteiger partial charge in [0, 0.05) is 0 Å². The molecule has 18 heavy (non-hydrogen) atoms. The van der Waals surface area contributed by atoms with E-state index in [4.69, 9.17) is 9.47 Å². The van der Waals surface area contributed by atoms with Crippen LogP contribution in [0, 0.1) is 0 Å². The van der Waals surface area contributed by atoms with E-state index in [-0.39, 0.29) is 5.78 Å². The fraction of sp³-hybridized carbons (Fsp3) is 0.500. The zero-order chi connectivity index (χ0) is 13.0. The van der Waals surface area contributed by atoms with Gasteiger partial charge in [-0.15, -0.1) is 0 Å². The summed E-state index contributed by atoms with van der Waals surface area (Å²) in [6.07, 6.45) is 1.60. The van der Waals surface area contributed by atoms with Crippen LogP contribution in [0.2, 0.25) is 14.3 Å². The second-order valence-corrected chi connectivity index (χ2v) is 14.7. The Kier molecular flexibility index (Phi) is 4.92. The van der Waals surface area contributed by atoms with Crippen LogP contribution in [-0.4, -0.2) is 38.8 Å². The molecule has 0 saturated heterocycles. The van der Waals surface area contributed by atoms with Crippen LogP contribution in [0.15, 0.2) is 18.2 Å². The first-order chi connectivity index (χ1) is 8.66. The zero-order valence-corrected chi connectivity index (χ0v) is 14.4. The van der Waals surface area contributed by atoms with Gasteiger partial charge in [-0.05, 0) is 0 Å². The van der Waals surface area contributed by atoms with Crippen molar-refractivity contribution >= 4 is 25.5 Å². The van der Waals surface area contributed by atoms with Crippen molar-refractivity contribution in [1.29, 1.82) is 0 Å². The van der Waals surface area contributed by atoms with E-state index in [9.17, 15) is 4.79 Å². The number of Topliss-reactive ketones (excluding diaryl/α,β-unsaturated/α-hetero) is 1. The molecule has 0 atom stereocenters. The predicted octanol–water partition coefficient (Wildman–Crippen LogP) is 2.91. The summed E-state index contributed by atoms with van der Waals surface area (Å²) in [5, 5.41) is 0. The van der Waals surface area contributed by atoms with Crippen LogP contribution in [0.1, 0.15) is 23.2 Å². The van der Waals surface area contributed by atoms with Gasteiger partial charge in [0.1, 0.15) is 0 Å². The van der Waals surface area contributed by atoms with Crippen LogP contribution in [0.5, 0.6) is 11.5 Å². The molecule has 0 aromatic heterocycles. The summed E-state index contributed by atoms with van der Waals surface area (Å²) in [4.78, 5) is 16.6. The molecule has 0 saturated carbocycles. The molecular weight excluding hydrogens is 335 g/mol. The summed E-state index contributed by atoms with van der Waals surface area (Å²) in [5.41, 5.74) is 0.668. The van der Waals surface area contributed by atoms with E-state index in [0.29, 0.717) is 24.3 Å². The van der Waals surface area contributed by atoms with Gasteiger partial charge in [-0.1, -0.05) is 0 Å². The average Bonchev–Trinajstić information content (AvgIpc) is 2.35. The Morgan fingerprint density at radius 1 is 1.39 bits per heavy atom. The quantitative estimate of drug-likeness (QED) is 0.602. The van der Waals surface area contributed by atoms with Crippen molar-refractivity contribution in [2.24, 2.45) is 0 Å².